The third-order valence-corrected chi connectivity index (χ3v) is 3.72. The van der Waals surface area contributed by atoms with Gasteiger partial charge in [0, 0.05) is 0 Å². The second-order valence-electron chi connectivity index (χ2n) is 5.95. The number of nitrogens with zero attached hydrogens (tertiary/aromatic N) is 1. The molecule has 0 aliphatic carbocycles. The molecule has 156 valence electrons. The Morgan fingerprint density at radius 1 is 1.14 bits per heavy atom. The number of carbonyl (C=O) groups is 1. The largest absolute Gasteiger partial charge is 0.434 e. The Morgan fingerprint density at radius 2 is 1.86 bits per heavy atom. The molecule has 0 fully saturated rings. The molecule has 0 atom stereocenters. The van der Waals surface area contributed by atoms with E-state index in [9.17, 15) is 22.4 Å². The van der Waals surface area contributed by atoms with Crippen LogP contribution in [0.2, 0.25) is 0 Å². The van der Waals surface area contributed by atoms with Gasteiger partial charge in [-0.05, 0) is 24.1 Å². The van der Waals surface area contributed by atoms with Crippen LogP contribution in [0.25, 0.3) is 0 Å². The first-order chi connectivity index (χ1) is 13.9. The number of rotatable bonds is 9. The molecule has 0 radical (unpaired) electrons. The molecule has 2 aromatic carbocycles. The highest BCUT2D eigenvalue weighted by molar-refractivity contribution is 6.09. The average molecular weight is 412 g/mol. The fraction of sp³-hybridized carbons (Fsp3) is 0.300. The van der Waals surface area contributed by atoms with Crippen molar-refractivity contribution >= 4 is 11.7 Å². The zero-order chi connectivity index (χ0) is 21.2. The molecule has 0 aliphatic heterocycles. The molecule has 0 saturated heterocycles. The number of amides is 1. The lowest BCUT2D eigenvalue weighted by Crippen LogP contribution is -2.34. The third kappa shape index (κ3) is 6.78. The molecular weight excluding hydrogens is 392 g/mol. The molecule has 0 aliphatic rings. The van der Waals surface area contributed by atoms with E-state index in [0.29, 0.717) is 18.1 Å². The predicted octanol–water partition coefficient (Wildman–Crippen LogP) is 4.40. The molecule has 29 heavy (non-hydrogen) atoms. The van der Waals surface area contributed by atoms with Crippen LogP contribution in [0.15, 0.2) is 47.6 Å². The van der Waals surface area contributed by atoms with Gasteiger partial charge in [-0.3, -0.25) is 4.79 Å². The van der Waals surface area contributed by atoms with Gasteiger partial charge >= 0.3 is 6.61 Å². The summed E-state index contributed by atoms with van der Waals surface area (Å²) in [6.07, 6.45) is 1.29. The van der Waals surface area contributed by atoms with Gasteiger partial charge in [0.25, 0.3) is 0 Å². The summed E-state index contributed by atoms with van der Waals surface area (Å²) in [6.45, 7) is -1.26. The summed E-state index contributed by atoms with van der Waals surface area (Å²) in [5.41, 5.74) is -0.108. The van der Waals surface area contributed by atoms with Crippen molar-refractivity contribution in [3.63, 3.8) is 0 Å². The first kappa shape index (κ1) is 22.2. The topological polar surface area (TPSA) is 59.9 Å². The van der Waals surface area contributed by atoms with E-state index in [1.807, 2.05) is 6.92 Å². The Labute approximate surface area is 165 Å². The van der Waals surface area contributed by atoms with Crippen molar-refractivity contribution in [1.82, 2.24) is 5.32 Å². The standard InChI is InChI=1S/C20H20F4N2O3/c1-2-3-11-28-26-19(25-16(27)12-13-7-5-4-6-8-13)17-15(29-20(23)24)10-9-14(21)18(17)22/h4-10,20H,2-3,11-12H2,1H3,(H,25,26,27). The average Bonchev–Trinajstić information content (AvgIpc) is 2.68. The molecule has 1 N–H and O–H groups in total. The van der Waals surface area contributed by atoms with Crippen LogP contribution in [0.4, 0.5) is 17.6 Å². The summed E-state index contributed by atoms with van der Waals surface area (Å²) >= 11 is 0. The molecular formula is C20H20F4N2O3. The van der Waals surface area contributed by atoms with Crippen LogP contribution in [-0.2, 0) is 16.1 Å². The number of nitrogens with one attached hydrogen (secondary N) is 1. The van der Waals surface area contributed by atoms with E-state index in [1.54, 1.807) is 30.3 Å². The number of amidine groups is 1. The molecule has 2 aromatic rings. The quantitative estimate of drug-likeness (QED) is 0.218. The third-order valence-electron chi connectivity index (χ3n) is 3.72. The van der Waals surface area contributed by atoms with E-state index in [0.717, 1.165) is 12.5 Å². The predicted molar refractivity (Wildman–Crippen MR) is 98.7 cm³/mol. The molecule has 1 amide bonds. The maximum atomic E-state index is 14.4. The minimum Gasteiger partial charge on any atom is -0.434 e. The molecule has 0 unspecified atom stereocenters. The minimum atomic E-state index is -3.29. The number of hydrogen-bond acceptors (Lipinski definition) is 4. The van der Waals surface area contributed by atoms with Crippen LogP contribution in [0.5, 0.6) is 5.75 Å². The van der Waals surface area contributed by atoms with Gasteiger partial charge in [-0.25, -0.2) is 8.78 Å². The molecule has 0 saturated carbocycles. The Balaban J connectivity index is 2.35. The van der Waals surface area contributed by atoms with Gasteiger partial charge in [0.05, 0.1) is 6.42 Å². The highest BCUT2D eigenvalue weighted by Crippen LogP contribution is 2.26. The number of oxime groups is 1. The number of ether oxygens (including phenoxy) is 1. The molecule has 0 spiro atoms. The van der Waals surface area contributed by atoms with Crippen LogP contribution in [0.3, 0.4) is 0 Å². The van der Waals surface area contributed by atoms with Crippen molar-refractivity contribution < 1.29 is 31.9 Å². The van der Waals surface area contributed by atoms with Crippen LogP contribution in [0.1, 0.15) is 30.9 Å². The van der Waals surface area contributed by atoms with Crippen LogP contribution in [-0.4, -0.2) is 25.0 Å². The fourth-order valence-corrected chi connectivity index (χ4v) is 2.36. The molecule has 0 aromatic heterocycles. The maximum absolute atomic E-state index is 14.4. The highest BCUT2D eigenvalue weighted by atomic mass is 19.3. The number of unbranched alkanes of at least 4 members (excludes halogenated alkanes) is 1. The van der Waals surface area contributed by atoms with Gasteiger partial charge in [0.15, 0.2) is 17.5 Å². The van der Waals surface area contributed by atoms with Crippen molar-refractivity contribution in [2.24, 2.45) is 5.16 Å². The molecule has 0 heterocycles. The Kier molecular flexibility index (Phi) is 8.45. The van der Waals surface area contributed by atoms with Gasteiger partial charge in [-0.15, -0.1) is 0 Å². The van der Waals surface area contributed by atoms with Crippen molar-refractivity contribution in [1.29, 1.82) is 0 Å². The normalized spacial score (nSPS) is 11.4. The van der Waals surface area contributed by atoms with Gasteiger partial charge in [0.2, 0.25) is 5.91 Å². The second kappa shape index (κ2) is 11.0. The SMILES string of the molecule is CCCCON=C(NC(=O)Cc1ccccc1)c1c(OC(F)F)ccc(F)c1F. The summed E-state index contributed by atoms with van der Waals surface area (Å²) in [5, 5.41) is 5.93. The minimum absolute atomic E-state index is 0.100. The summed E-state index contributed by atoms with van der Waals surface area (Å²) in [6, 6.07) is 10.1. The number of hydrogen-bond donors (Lipinski definition) is 1. The number of benzene rings is 2. The zero-order valence-corrected chi connectivity index (χ0v) is 15.6. The lowest BCUT2D eigenvalue weighted by molar-refractivity contribution is -0.119. The molecule has 5 nitrogen and oxygen atoms in total. The van der Waals surface area contributed by atoms with Gasteiger partial charge in [-0.2, -0.15) is 8.78 Å². The fourth-order valence-electron chi connectivity index (χ4n) is 2.36. The summed E-state index contributed by atoms with van der Waals surface area (Å²) in [7, 11) is 0. The van der Waals surface area contributed by atoms with E-state index in [2.05, 4.69) is 15.2 Å². The van der Waals surface area contributed by atoms with E-state index >= 15 is 0 Å². The Hall–Kier alpha value is -3.10. The first-order valence-electron chi connectivity index (χ1n) is 8.89. The smallest absolute Gasteiger partial charge is 0.387 e. The summed E-state index contributed by atoms with van der Waals surface area (Å²) in [5.74, 6) is -4.69. The highest BCUT2D eigenvalue weighted by Gasteiger charge is 2.24. The molecule has 2 rings (SSSR count). The summed E-state index contributed by atoms with van der Waals surface area (Å²) < 4.78 is 57.9. The van der Waals surface area contributed by atoms with Gasteiger partial charge in [0.1, 0.15) is 17.9 Å². The van der Waals surface area contributed by atoms with E-state index in [-0.39, 0.29) is 13.0 Å². The zero-order valence-electron chi connectivity index (χ0n) is 15.6. The van der Waals surface area contributed by atoms with E-state index in [1.165, 1.54) is 0 Å². The van der Waals surface area contributed by atoms with Gasteiger partial charge < -0.3 is 14.9 Å². The first-order valence-corrected chi connectivity index (χ1v) is 8.89. The van der Waals surface area contributed by atoms with E-state index < -0.39 is 41.3 Å². The Morgan fingerprint density at radius 3 is 2.52 bits per heavy atom. The molecule has 0 bridgehead atoms. The van der Waals surface area contributed by atoms with Gasteiger partial charge in [-0.1, -0.05) is 48.8 Å². The Bertz CT molecular complexity index is 845. The second-order valence-corrected chi connectivity index (χ2v) is 5.95. The van der Waals surface area contributed by atoms with Crippen molar-refractivity contribution in [3.8, 4) is 5.75 Å². The van der Waals surface area contributed by atoms with Crippen LogP contribution < -0.4 is 10.1 Å². The number of halogens is 4. The number of alkyl halides is 2. The van der Waals surface area contributed by atoms with Crippen LogP contribution >= 0.6 is 0 Å². The van der Waals surface area contributed by atoms with Crippen molar-refractivity contribution in [2.45, 2.75) is 32.8 Å². The van der Waals surface area contributed by atoms with E-state index in [4.69, 9.17) is 4.84 Å². The summed E-state index contributed by atoms with van der Waals surface area (Å²) in [4.78, 5) is 17.4. The molecule has 9 heteroatoms. The maximum Gasteiger partial charge on any atom is 0.387 e. The van der Waals surface area contributed by atoms with Crippen molar-refractivity contribution in [3.05, 3.63) is 65.2 Å². The lowest BCUT2D eigenvalue weighted by atomic mass is 10.1. The number of carbonyl (C=O) groups excluding carboxylic acids is 1. The van der Waals surface area contributed by atoms with Crippen molar-refractivity contribution in [2.75, 3.05) is 6.61 Å². The lowest BCUT2D eigenvalue weighted by Gasteiger charge is -2.15. The monoisotopic (exact) mass is 412 g/mol. The van der Waals surface area contributed by atoms with Crippen LogP contribution in [0, 0.1) is 11.6 Å².